The third-order valence-corrected chi connectivity index (χ3v) is 13.7. The van der Waals surface area contributed by atoms with Crippen LogP contribution in [-0.2, 0) is 0 Å². The second-order valence-electron chi connectivity index (χ2n) is 10.4. The van der Waals surface area contributed by atoms with E-state index in [0.717, 1.165) is 0 Å². The highest BCUT2D eigenvalue weighted by Crippen LogP contribution is 2.63. The van der Waals surface area contributed by atoms with E-state index >= 15 is 0 Å². The number of hydrogen-bond acceptors (Lipinski definition) is 0. The first kappa shape index (κ1) is 19.7. The molecule has 0 fully saturated rings. The summed E-state index contributed by atoms with van der Waals surface area (Å²) >= 11 is 0. The van der Waals surface area contributed by atoms with Crippen molar-refractivity contribution in [2.45, 2.75) is 0 Å². The molecule has 6 aromatic carbocycles. The summed E-state index contributed by atoms with van der Waals surface area (Å²) in [5.74, 6) is 0. The minimum absolute atomic E-state index is 1.34. The fraction of sp³-hybridized carbons (Fsp3) is 0. The SMILES string of the molecule is c1ccc([Si]2(c3ccccc3)C3=C(C4=C2c2cccc5cccc4c25)c2cccc4cccc3c24)cc1. The van der Waals surface area contributed by atoms with Crippen molar-refractivity contribution < 1.29 is 0 Å². The van der Waals surface area contributed by atoms with E-state index in [1.54, 1.807) is 10.4 Å². The zero-order valence-corrected chi connectivity index (χ0v) is 21.2. The highest BCUT2D eigenvalue weighted by Gasteiger charge is 2.57. The Bertz CT molecular complexity index is 1850. The summed E-state index contributed by atoms with van der Waals surface area (Å²) in [6, 6.07) is 50.4. The first-order chi connectivity index (χ1) is 18.4. The largest absolute Gasteiger partial charge is 0.182 e. The van der Waals surface area contributed by atoms with Crippen molar-refractivity contribution in [2.75, 3.05) is 0 Å². The standard InChI is InChI=1S/C36H22Si/c1-3-15-25(16-4-1)37(26-17-5-2-6-18-26)35-29-21-9-13-23-11-7-19-27(31(23)29)33(35)34-28-20-8-12-24-14-10-22-30(32(24)28)36(34)37/h1-22H. The van der Waals surface area contributed by atoms with Crippen molar-refractivity contribution in [3.63, 3.8) is 0 Å². The van der Waals surface area contributed by atoms with E-state index in [1.165, 1.54) is 65.3 Å². The van der Waals surface area contributed by atoms with Crippen molar-refractivity contribution >= 4 is 61.5 Å². The Hall–Kier alpha value is -4.46. The number of allylic oxidation sites excluding steroid dienone is 2. The van der Waals surface area contributed by atoms with Gasteiger partial charge in [-0.05, 0) is 75.7 Å². The van der Waals surface area contributed by atoms with Gasteiger partial charge in [0.05, 0.1) is 0 Å². The second-order valence-corrected chi connectivity index (χ2v) is 14.1. The van der Waals surface area contributed by atoms with Crippen LogP contribution < -0.4 is 10.4 Å². The van der Waals surface area contributed by atoms with E-state index in [0.29, 0.717) is 0 Å². The van der Waals surface area contributed by atoms with Gasteiger partial charge in [-0.15, -0.1) is 0 Å². The molecular formula is C36H22Si. The Morgan fingerprint density at radius 3 is 1.11 bits per heavy atom. The molecule has 0 saturated heterocycles. The third-order valence-electron chi connectivity index (χ3n) is 8.80. The summed E-state index contributed by atoms with van der Waals surface area (Å²) in [5.41, 5.74) is 8.63. The minimum Gasteiger partial charge on any atom is -0.0623 e. The van der Waals surface area contributed by atoms with Gasteiger partial charge in [0, 0.05) is 0 Å². The molecule has 0 amide bonds. The van der Waals surface area contributed by atoms with Gasteiger partial charge in [-0.1, -0.05) is 133 Å². The summed E-state index contributed by atoms with van der Waals surface area (Å²) in [6.45, 7) is 0. The van der Waals surface area contributed by atoms with Crippen molar-refractivity contribution in [3.8, 4) is 0 Å². The maximum Gasteiger partial charge on any atom is 0.182 e. The van der Waals surface area contributed by atoms with Crippen LogP contribution in [0, 0.1) is 0 Å². The molecule has 0 saturated carbocycles. The van der Waals surface area contributed by atoms with E-state index in [-0.39, 0.29) is 0 Å². The third kappa shape index (κ3) is 2.21. The van der Waals surface area contributed by atoms with Gasteiger partial charge in [0.25, 0.3) is 0 Å². The average molecular weight is 483 g/mol. The van der Waals surface area contributed by atoms with Crippen LogP contribution in [0.4, 0.5) is 0 Å². The lowest BCUT2D eigenvalue weighted by molar-refractivity contribution is 1.68. The fourth-order valence-corrected chi connectivity index (χ4v) is 13.2. The summed E-state index contributed by atoms with van der Waals surface area (Å²) in [6.07, 6.45) is 0. The first-order valence-corrected chi connectivity index (χ1v) is 15.0. The van der Waals surface area contributed by atoms with Crippen molar-refractivity contribution in [1.82, 2.24) is 0 Å². The van der Waals surface area contributed by atoms with Crippen LogP contribution >= 0.6 is 0 Å². The van der Waals surface area contributed by atoms with Gasteiger partial charge in [-0.3, -0.25) is 0 Å². The smallest absolute Gasteiger partial charge is 0.0623 e. The van der Waals surface area contributed by atoms with Gasteiger partial charge in [-0.25, -0.2) is 0 Å². The number of hydrogen-bond donors (Lipinski definition) is 0. The van der Waals surface area contributed by atoms with Crippen LogP contribution in [0.1, 0.15) is 22.3 Å². The number of benzene rings is 6. The molecule has 0 spiro atoms. The summed E-state index contributed by atoms with van der Waals surface area (Å²) in [4.78, 5) is 0. The summed E-state index contributed by atoms with van der Waals surface area (Å²) in [5, 5.41) is 11.6. The lowest BCUT2D eigenvalue weighted by Gasteiger charge is -2.35. The molecule has 0 bridgehead atoms. The van der Waals surface area contributed by atoms with E-state index in [1.807, 2.05) is 0 Å². The Balaban J connectivity index is 1.55. The molecule has 1 heteroatoms. The van der Waals surface area contributed by atoms with Gasteiger partial charge in [-0.2, -0.15) is 0 Å². The molecule has 1 aliphatic heterocycles. The Kier molecular flexibility index (Phi) is 3.64. The van der Waals surface area contributed by atoms with Crippen molar-refractivity contribution in [1.29, 1.82) is 0 Å². The molecule has 1 heterocycles. The van der Waals surface area contributed by atoms with Crippen LogP contribution in [0.15, 0.2) is 133 Å². The van der Waals surface area contributed by atoms with E-state index in [9.17, 15) is 0 Å². The molecule has 0 atom stereocenters. The summed E-state index contributed by atoms with van der Waals surface area (Å²) in [7, 11) is -2.63. The predicted molar refractivity (Wildman–Crippen MR) is 159 cm³/mol. The number of fused-ring (bicyclic) bond motifs is 5. The molecule has 0 radical (unpaired) electrons. The molecule has 2 aliphatic carbocycles. The Labute approximate surface area is 216 Å². The van der Waals surface area contributed by atoms with E-state index in [4.69, 9.17) is 0 Å². The molecule has 0 N–H and O–H groups in total. The van der Waals surface area contributed by atoms with Gasteiger partial charge >= 0.3 is 0 Å². The zero-order valence-electron chi connectivity index (χ0n) is 20.2. The molecule has 0 unspecified atom stereocenters. The topological polar surface area (TPSA) is 0 Å². The molecule has 170 valence electrons. The maximum atomic E-state index is 2.39. The normalized spacial score (nSPS) is 16.1. The number of rotatable bonds is 2. The van der Waals surface area contributed by atoms with Gasteiger partial charge < -0.3 is 0 Å². The zero-order chi connectivity index (χ0) is 24.1. The van der Waals surface area contributed by atoms with Crippen molar-refractivity contribution in [2.24, 2.45) is 0 Å². The van der Waals surface area contributed by atoms with Crippen molar-refractivity contribution in [3.05, 3.63) is 156 Å². The van der Waals surface area contributed by atoms with Crippen LogP contribution in [-0.4, -0.2) is 8.07 Å². The first-order valence-electron chi connectivity index (χ1n) is 13.0. The summed E-state index contributed by atoms with van der Waals surface area (Å²) < 4.78 is 0. The van der Waals surface area contributed by atoms with Crippen LogP contribution in [0.2, 0.25) is 0 Å². The molecule has 6 aromatic rings. The van der Waals surface area contributed by atoms with Gasteiger partial charge in [0.15, 0.2) is 8.07 Å². The minimum atomic E-state index is -2.63. The quantitative estimate of drug-likeness (QED) is 0.224. The highest BCUT2D eigenvalue weighted by atomic mass is 28.3. The lowest BCUT2D eigenvalue weighted by atomic mass is 9.94. The van der Waals surface area contributed by atoms with Crippen LogP contribution in [0.3, 0.4) is 0 Å². The van der Waals surface area contributed by atoms with Crippen LogP contribution in [0.25, 0.3) is 43.1 Å². The molecule has 9 rings (SSSR count). The average Bonchev–Trinajstić information content (AvgIpc) is 3.58. The maximum absolute atomic E-state index is 2.63. The molecule has 0 nitrogen and oxygen atoms in total. The molecule has 37 heavy (non-hydrogen) atoms. The fourth-order valence-electron chi connectivity index (χ4n) is 7.60. The Morgan fingerprint density at radius 1 is 0.324 bits per heavy atom. The Morgan fingerprint density at radius 2 is 0.703 bits per heavy atom. The monoisotopic (exact) mass is 482 g/mol. The highest BCUT2D eigenvalue weighted by molar-refractivity contribution is 7.30. The lowest BCUT2D eigenvalue weighted by Crippen LogP contribution is -2.59. The van der Waals surface area contributed by atoms with Crippen LogP contribution in [0.5, 0.6) is 0 Å². The van der Waals surface area contributed by atoms with Gasteiger partial charge in [0.2, 0.25) is 0 Å². The van der Waals surface area contributed by atoms with E-state index in [2.05, 4.69) is 133 Å². The predicted octanol–water partition coefficient (Wildman–Crippen LogP) is 7.50. The molecular weight excluding hydrogens is 460 g/mol. The van der Waals surface area contributed by atoms with Gasteiger partial charge in [0.1, 0.15) is 0 Å². The molecule has 3 aliphatic rings. The second kappa shape index (κ2) is 6.85. The molecule has 0 aromatic heterocycles. The van der Waals surface area contributed by atoms with E-state index < -0.39 is 8.07 Å².